The highest BCUT2D eigenvalue weighted by Crippen LogP contribution is 2.30. The van der Waals surface area contributed by atoms with Crippen LogP contribution >= 0.6 is 12.2 Å². The van der Waals surface area contributed by atoms with Crippen LogP contribution < -0.4 is 11.1 Å². The highest BCUT2D eigenvalue weighted by molar-refractivity contribution is 7.80. The smallest absolute Gasteiger partial charge is 0.255 e. The normalized spacial score (nSPS) is 17.9. The zero-order valence-electron chi connectivity index (χ0n) is 9.79. The molecule has 0 saturated heterocycles. The van der Waals surface area contributed by atoms with Crippen LogP contribution in [-0.2, 0) is 0 Å². The van der Waals surface area contributed by atoms with Gasteiger partial charge < -0.3 is 15.5 Å². The van der Waals surface area contributed by atoms with Gasteiger partial charge in [-0.05, 0) is 25.8 Å². The molecular formula is C12H16N2O2S. The molecule has 0 radical (unpaired) electrons. The zero-order valence-corrected chi connectivity index (χ0v) is 10.6. The highest BCUT2D eigenvalue weighted by atomic mass is 32.1. The van der Waals surface area contributed by atoms with Gasteiger partial charge >= 0.3 is 0 Å². The van der Waals surface area contributed by atoms with Crippen LogP contribution in [0.5, 0.6) is 0 Å². The van der Waals surface area contributed by atoms with E-state index in [-0.39, 0.29) is 5.91 Å². The van der Waals surface area contributed by atoms with Gasteiger partial charge in [-0.3, -0.25) is 4.79 Å². The first-order chi connectivity index (χ1) is 8.03. The van der Waals surface area contributed by atoms with Crippen molar-refractivity contribution in [3.8, 4) is 0 Å². The third-order valence-corrected chi connectivity index (χ3v) is 3.67. The topological polar surface area (TPSA) is 68.3 Å². The van der Waals surface area contributed by atoms with Crippen LogP contribution in [0.4, 0.5) is 0 Å². The van der Waals surface area contributed by atoms with E-state index in [0.717, 1.165) is 25.7 Å². The second-order valence-electron chi connectivity index (χ2n) is 4.55. The molecule has 0 aromatic carbocycles. The van der Waals surface area contributed by atoms with E-state index < -0.39 is 5.54 Å². The first kappa shape index (κ1) is 12.1. The van der Waals surface area contributed by atoms with Gasteiger partial charge in [0.05, 0.1) is 16.1 Å². The molecule has 0 bridgehead atoms. The Labute approximate surface area is 106 Å². The Kier molecular flexibility index (Phi) is 3.19. The maximum absolute atomic E-state index is 12.0. The molecule has 0 unspecified atom stereocenters. The van der Waals surface area contributed by atoms with E-state index in [1.807, 2.05) is 0 Å². The monoisotopic (exact) mass is 252 g/mol. The molecule has 0 aliphatic heterocycles. The van der Waals surface area contributed by atoms with E-state index in [2.05, 4.69) is 5.32 Å². The fourth-order valence-corrected chi connectivity index (χ4v) is 2.52. The Morgan fingerprint density at radius 3 is 2.65 bits per heavy atom. The lowest BCUT2D eigenvalue weighted by atomic mass is 9.97. The van der Waals surface area contributed by atoms with Crippen molar-refractivity contribution in [2.24, 2.45) is 5.73 Å². The predicted octanol–water partition coefficient (Wildman–Crippen LogP) is 1.92. The van der Waals surface area contributed by atoms with Crippen LogP contribution in [-0.4, -0.2) is 16.4 Å². The van der Waals surface area contributed by atoms with E-state index in [1.165, 1.54) is 6.26 Å². The minimum atomic E-state index is -0.502. The molecule has 0 atom stereocenters. The van der Waals surface area contributed by atoms with Gasteiger partial charge in [-0.2, -0.15) is 0 Å². The summed E-state index contributed by atoms with van der Waals surface area (Å²) in [7, 11) is 0. The molecule has 5 heteroatoms. The van der Waals surface area contributed by atoms with Crippen molar-refractivity contribution >= 4 is 23.1 Å². The largest absolute Gasteiger partial charge is 0.469 e. The summed E-state index contributed by atoms with van der Waals surface area (Å²) in [6.45, 7) is 1.80. The van der Waals surface area contributed by atoms with Crippen molar-refractivity contribution < 1.29 is 9.21 Å². The molecule has 4 nitrogen and oxygen atoms in total. The first-order valence-electron chi connectivity index (χ1n) is 5.71. The Bertz CT molecular complexity index is 447. The molecule has 1 amide bonds. The maximum Gasteiger partial charge on any atom is 0.255 e. The summed E-state index contributed by atoms with van der Waals surface area (Å²) >= 11 is 5.08. The van der Waals surface area contributed by atoms with E-state index in [1.54, 1.807) is 13.0 Å². The van der Waals surface area contributed by atoms with Crippen molar-refractivity contribution in [3.63, 3.8) is 0 Å². The van der Waals surface area contributed by atoms with Crippen molar-refractivity contribution in [1.29, 1.82) is 0 Å². The van der Waals surface area contributed by atoms with Gasteiger partial charge in [0.1, 0.15) is 12.0 Å². The number of nitrogens with one attached hydrogen (secondary N) is 1. The number of thiocarbonyl (C=S) groups is 1. The molecule has 1 aliphatic rings. The van der Waals surface area contributed by atoms with E-state index in [0.29, 0.717) is 16.3 Å². The SMILES string of the molecule is Cc1cc(C(=O)NC2(C(N)=S)CCCC2)co1. The van der Waals surface area contributed by atoms with Crippen LogP contribution in [0.15, 0.2) is 16.7 Å². The van der Waals surface area contributed by atoms with E-state index >= 15 is 0 Å². The quantitative estimate of drug-likeness (QED) is 0.806. The Balaban J connectivity index is 2.14. The molecule has 17 heavy (non-hydrogen) atoms. The summed E-state index contributed by atoms with van der Waals surface area (Å²) in [5.41, 5.74) is 5.77. The van der Waals surface area contributed by atoms with Gasteiger partial charge in [-0.1, -0.05) is 25.1 Å². The van der Waals surface area contributed by atoms with Gasteiger partial charge in [-0.25, -0.2) is 0 Å². The van der Waals surface area contributed by atoms with Crippen LogP contribution in [0.2, 0.25) is 0 Å². The number of nitrogens with two attached hydrogens (primary N) is 1. The number of carbonyl (C=O) groups excluding carboxylic acids is 1. The second-order valence-corrected chi connectivity index (χ2v) is 4.99. The molecule has 1 aliphatic carbocycles. The molecule has 3 N–H and O–H groups in total. The molecule has 1 fully saturated rings. The lowest BCUT2D eigenvalue weighted by Crippen LogP contribution is -2.54. The van der Waals surface area contributed by atoms with Crippen LogP contribution in [0, 0.1) is 6.92 Å². The number of rotatable bonds is 3. The molecule has 1 aromatic rings. The minimum Gasteiger partial charge on any atom is -0.469 e. The number of carbonyl (C=O) groups is 1. The third kappa shape index (κ3) is 2.34. The number of amides is 1. The van der Waals surface area contributed by atoms with Crippen LogP contribution in [0.1, 0.15) is 41.8 Å². The van der Waals surface area contributed by atoms with Gasteiger partial charge in [0.15, 0.2) is 0 Å². The van der Waals surface area contributed by atoms with Gasteiger partial charge in [0, 0.05) is 0 Å². The Hall–Kier alpha value is -1.36. The lowest BCUT2D eigenvalue weighted by molar-refractivity contribution is 0.0924. The zero-order chi connectivity index (χ0) is 12.5. The summed E-state index contributed by atoms with van der Waals surface area (Å²) < 4.78 is 5.12. The van der Waals surface area contributed by atoms with Crippen molar-refractivity contribution in [3.05, 3.63) is 23.7 Å². The lowest BCUT2D eigenvalue weighted by Gasteiger charge is -2.28. The fraction of sp³-hybridized carbons (Fsp3) is 0.500. The summed E-state index contributed by atoms with van der Waals surface area (Å²) in [6.07, 6.45) is 5.19. The Morgan fingerprint density at radius 2 is 2.18 bits per heavy atom. The number of hydrogen-bond donors (Lipinski definition) is 2. The standard InChI is InChI=1S/C12H16N2O2S/c1-8-6-9(7-16-8)10(15)14-12(11(13)17)4-2-3-5-12/h6-7H,2-5H2,1H3,(H2,13,17)(H,14,15). The van der Waals surface area contributed by atoms with Crippen molar-refractivity contribution in [2.45, 2.75) is 38.1 Å². The van der Waals surface area contributed by atoms with Crippen LogP contribution in [0.3, 0.4) is 0 Å². The van der Waals surface area contributed by atoms with Crippen LogP contribution in [0.25, 0.3) is 0 Å². The molecule has 0 spiro atoms. The summed E-state index contributed by atoms with van der Waals surface area (Å²) in [5, 5.41) is 2.96. The van der Waals surface area contributed by atoms with Gasteiger partial charge in [0.2, 0.25) is 0 Å². The van der Waals surface area contributed by atoms with E-state index in [9.17, 15) is 4.79 Å². The molecule has 1 saturated carbocycles. The second kappa shape index (κ2) is 4.49. The number of aryl methyl sites for hydroxylation is 1. The summed E-state index contributed by atoms with van der Waals surface area (Å²) in [5.74, 6) is 0.544. The summed E-state index contributed by atoms with van der Waals surface area (Å²) in [6, 6.07) is 1.71. The number of hydrogen-bond acceptors (Lipinski definition) is 3. The van der Waals surface area contributed by atoms with Crippen molar-refractivity contribution in [2.75, 3.05) is 0 Å². The third-order valence-electron chi connectivity index (χ3n) is 3.27. The molecule has 1 aromatic heterocycles. The molecule has 92 valence electrons. The van der Waals surface area contributed by atoms with Gasteiger partial charge in [-0.15, -0.1) is 0 Å². The maximum atomic E-state index is 12.0. The Morgan fingerprint density at radius 1 is 1.53 bits per heavy atom. The average molecular weight is 252 g/mol. The summed E-state index contributed by atoms with van der Waals surface area (Å²) in [4.78, 5) is 12.4. The molecular weight excluding hydrogens is 236 g/mol. The average Bonchev–Trinajstić information content (AvgIpc) is 2.87. The minimum absolute atomic E-state index is 0.170. The van der Waals surface area contributed by atoms with E-state index in [4.69, 9.17) is 22.4 Å². The molecule has 1 heterocycles. The highest BCUT2D eigenvalue weighted by Gasteiger charge is 2.38. The predicted molar refractivity (Wildman–Crippen MR) is 68.9 cm³/mol. The number of furan rings is 1. The molecule has 2 rings (SSSR count). The first-order valence-corrected chi connectivity index (χ1v) is 6.12. The van der Waals surface area contributed by atoms with Crippen molar-refractivity contribution in [1.82, 2.24) is 5.32 Å². The fourth-order valence-electron chi connectivity index (χ4n) is 2.26. The van der Waals surface area contributed by atoms with Gasteiger partial charge in [0.25, 0.3) is 5.91 Å².